The van der Waals surface area contributed by atoms with E-state index in [0.29, 0.717) is 13.2 Å². The van der Waals surface area contributed by atoms with E-state index in [0.717, 1.165) is 33.8 Å². The number of halogens is 1. The molecule has 3 nitrogen and oxygen atoms in total. The standard InChI is InChI=1S/C17H17ClN2O/c18-14-6-7-16-13(11-19)12-20(17(16)10-14)8-9-21-15-4-2-1-3-5-15/h1-7,10,12H,8-9,11,19H2. The van der Waals surface area contributed by atoms with Gasteiger partial charge in [0, 0.05) is 28.7 Å². The average molecular weight is 301 g/mol. The number of ether oxygens (including phenoxy) is 1. The molecule has 0 bridgehead atoms. The quantitative estimate of drug-likeness (QED) is 0.778. The van der Waals surface area contributed by atoms with E-state index in [4.69, 9.17) is 22.1 Å². The molecule has 3 rings (SSSR count). The van der Waals surface area contributed by atoms with E-state index in [1.165, 1.54) is 0 Å². The summed E-state index contributed by atoms with van der Waals surface area (Å²) in [6.07, 6.45) is 2.08. The van der Waals surface area contributed by atoms with Gasteiger partial charge in [0.05, 0.1) is 6.54 Å². The van der Waals surface area contributed by atoms with Crippen LogP contribution in [0.1, 0.15) is 5.56 Å². The van der Waals surface area contributed by atoms with Gasteiger partial charge in [-0.1, -0.05) is 35.9 Å². The van der Waals surface area contributed by atoms with Crippen LogP contribution < -0.4 is 10.5 Å². The summed E-state index contributed by atoms with van der Waals surface area (Å²) in [6.45, 7) is 1.88. The third-order valence-electron chi connectivity index (χ3n) is 3.49. The number of hydrogen-bond acceptors (Lipinski definition) is 2. The predicted molar refractivity (Wildman–Crippen MR) is 86.8 cm³/mol. The highest BCUT2D eigenvalue weighted by Gasteiger charge is 2.08. The van der Waals surface area contributed by atoms with Crippen molar-refractivity contribution in [2.45, 2.75) is 13.1 Å². The van der Waals surface area contributed by atoms with Gasteiger partial charge in [0.2, 0.25) is 0 Å². The summed E-state index contributed by atoms with van der Waals surface area (Å²) in [6, 6.07) is 15.7. The Kier molecular flexibility index (Phi) is 4.13. The first-order valence-electron chi connectivity index (χ1n) is 6.93. The van der Waals surface area contributed by atoms with Crippen LogP contribution in [-0.4, -0.2) is 11.2 Å². The van der Waals surface area contributed by atoms with Crippen LogP contribution in [0.3, 0.4) is 0 Å². The van der Waals surface area contributed by atoms with Crippen molar-refractivity contribution in [1.82, 2.24) is 4.57 Å². The molecule has 0 fully saturated rings. The zero-order chi connectivity index (χ0) is 14.7. The lowest BCUT2D eigenvalue weighted by Gasteiger charge is -2.08. The van der Waals surface area contributed by atoms with Crippen molar-refractivity contribution in [3.05, 3.63) is 65.3 Å². The van der Waals surface area contributed by atoms with Crippen LogP contribution in [0.5, 0.6) is 5.75 Å². The topological polar surface area (TPSA) is 40.2 Å². The van der Waals surface area contributed by atoms with Gasteiger partial charge in [0.1, 0.15) is 12.4 Å². The molecule has 1 heterocycles. The Morgan fingerprint density at radius 2 is 1.90 bits per heavy atom. The van der Waals surface area contributed by atoms with Gasteiger partial charge >= 0.3 is 0 Å². The van der Waals surface area contributed by atoms with Gasteiger partial charge in [-0.25, -0.2) is 0 Å². The maximum Gasteiger partial charge on any atom is 0.119 e. The van der Waals surface area contributed by atoms with E-state index in [1.807, 2.05) is 48.5 Å². The van der Waals surface area contributed by atoms with Crippen LogP contribution in [0.4, 0.5) is 0 Å². The Balaban J connectivity index is 1.79. The fraction of sp³-hybridized carbons (Fsp3) is 0.176. The minimum atomic E-state index is 0.519. The fourth-order valence-corrected chi connectivity index (χ4v) is 2.63. The molecule has 108 valence electrons. The van der Waals surface area contributed by atoms with Crippen molar-refractivity contribution in [1.29, 1.82) is 0 Å². The van der Waals surface area contributed by atoms with E-state index >= 15 is 0 Å². The second-order valence-corrected chi connectivity index (χ2v) is 5.31. The Hall–Kier alpha value is -1.97. The molecule has 3 aromatic rings. The summed E-state index contributed by atoms with van der Waals surface area (Å²) in [5.74, 6) is 0.881. The van der Waals surface area contributed by atoms with E-state index in [2.05, 4.69) is 10.8 Å². The SMILES string of the molecule is NCc1cn(CCOc2ccccc2)c2cc(Cl)ccc12. The molecule has 0 saturated heterocycles. The summed E-state index contributed by atoms with van der Waals surface area (Å²) < 4.78 is 7.89. The van der Waals surface area contributed by atoms with Crippen molar-refractivity contribution in [3.8, 4) is 5.75 Å². The molecule has 0 unspecified atom stereocenters. The molecule has 1 aromatic heterocycles. The average Bonchev–Trinajstić information content (AvgIpc) is 2.86. The molecule has 0 amide bonds. The van der Waals surface area contributed by atoms with Crippen LogP contribution in [-0.2, 0) is 13.1 Å². The number of nitrogens with zero attached hydrogens (tertiary/aromatic N) is 1. The number of fused-ring (bicyclic) bond motifs is 1. The number of para-hydroxylation sites is 1. The van der Waals surface area contributed by atoms with Crippen molar-refractivity contribution >= 4 is 22.5 Å². The molecule has 0 atom stereocenters. The van der Waals surface area contributed by atoms with Gasteiger partial charge in [-0.3, -0.25) is 0 Å². The molecule has 0 aliphatic carbocycles. The molecule has 21 heavy (non-hydrogen) atoms. The zero-order valence-electron chi connectivity index (χ0n) is 11.6. The van der Waals surface area contributed by atoms with Crippen LogP contribution in [0.15, 0.2) is 54.7 Å². The molecule has 0 saturated carbocycles. The van der Waals surface area contributed by atoms with Crippen molar-refractivity contribution in [3.63, 3.8) is 0 Å². The highest BCUT2D eigenvalue weighted by molar-refractivity contribution is 6.31. The van der Waals surface area contributed by atoms with Crippen LogP contribution in [0, 0.1) is 0 Å². The van der Waals surface area contributed by atoms with Crippen LogP contribution in [0.2, 0.25) is 5.02 Å². The lowest BCUT2D eigenvalue weighted by molar-refractivity contribution is 0.300. The number of aromatic nitrogens is 1. The van der Waals surface area contributed by atoms with Gasteiger partial charge in [-0.15, -0.1) is 0 Å². The normalized spacial score (nSPS) is 11.0. The molecule has 0 aliphatic heterocycles. The number of rotatable bonds is 5. The molecular weight excluding hydrogens is 284 g/mol. The van der Waals surface area contributed by atoms with Crippen LogP contribution >= 0.6 is 11.6 Å². The maximum absolute atomic E-state index is 6.10. The first-order valence-corrected chi connectivity index (χ1v) is 7.31. The maximum atomic E-state index is 6.10. The summed E-state index contributed by atoms with van der Waals surface area (Å²) in [7, 11) is 0. The molecule has 2 aromatic carbocycles. The largest absolute Gasteiger partial charge is 0.492 e. The van der Waals surface area contributed by atoms with Crippen molar-refractivity contribution in [2.24, 2.45) is 5.73 Å². The van der Waals surface area contributed by atoms with Gasteiger partial charge < -0.3 is 15.0 Å². The Morgan fingerprint density at radius 3 is 2.67 bits per heavy atom. The highest BCUT2D eigenvalue weighted by atomic mass is 35.5. The molecule has 0 spiro atoms. The summed E-state index contributed by atoms with van der Waals surface area (Å²) in [4.78, 5) is 0. The lowest BCUT2D eigenvalue weighted by Crippen LogP contribution is -2.07. The second kappa shape index (κ2) is 6.20. The van der Waals surface area contributed by atoms with E-state index in [1.54, 1.807) is 0 Å². The van der Waals surface area contributed by atoms with E-state index in [9.17, 15) is 0 Å². The van der Waals surface area contributed by atoms with Crippen molar-refractivity contribution < 1.29 is 4.74 Å². The number of nitrogens with two attached hydrogens (primary N) is 1. The highest BCUT2D eigenvalue weighted by Crippen LogP contribution is 2.24. The number of hydrogen-bond donors (Lipinski definition) is 1. The molecule has 0 radical (unpaired) electrons. The number of benzene rings is 2. The molecule has 2 N–H and O–H groups in total. The second-order valence-electron chi connectivity index (χ2n) is 4.87. The Morgan fingerprint density at radius 1 is 1.10 bits per heavy atom. The molecule has 0 aliphatic rings. The van der Waals surface area contributed by atoms with Gasteiger partial charge in [0.25, 0.3) is 0 Å². The minimum Gasteiger partial charge on any atom is -0.492 e. The zero-order valence-corrected chi connectivity index (χ0v) is 12.4. The minimum absolute atomic E-state index is 0.519. The Bertz CT molecular complexity index is 737. The monoisotopic (exact) mass is 300 g/mol. The van der Waals surface area contributed by atoms with Crippen molar-refractivity contribution in [2.75, 3.05) is 6.61 Å². The summed E-state index contributed by atoms with van der Waals surface area (Å²) in [5, 5.41) is 1.89. The smallest absolute Gasteiger partial charge is 0.119 e. The van der Waals surface area contributed by atoms with Gasteiger partial charge in [-0.2, -0.15) is 0 Å². The first kappa shape index (κ1) is 14.0. The fourth-order valence-electron chi connectivity index (χ4n) is 2.47. The van der Waals surface area contributed by atoms with Crippen LogP contribution in [0.25, 0.3) is 10.9 Å². The molecule has 4 heteroatoms. The van der Waals surface area contributed by atoms with E-state index in [-0.39, 0.29) is 0 Å². The van der Waals surface area contributed by atoms with Gasteiger partial charge in [0.15, 0.2) is 0 Å². The third-order valence-corrected chi connectivity index (χ3v) is 3.73. The first-order chi connectivity index (χ1) is 10.3. The van der Waals surface area contributed by atoms with E-state index < -0.39 is 0 Å². The molecular formula is C17H17ClN2O. The Labute approximate surface area is 128 Å². The predicted octanol–water partition coefficient (Wildman–Crippen LogP) is 3.83. The third kappa shape index (κ3) is 3.04. The lowest BCUT2D eigenvalue weighted by atomic mass is 10.2. The summed E-state index contributed by atoms with van der Waals surface area (Å²) >= 11 is 6.10. The summed E-state index contributed by atoms with van der Waals surface area (Å²) in [5.41, 5.74) is 8.03. The van der Waals surface area contributed by atoms with Gasteiger partial charge in [-0.05, 0) is 29.8 Å².